The molecule has 2 aliphatic heterocycles. The largest absolute Gasteiger partial charge is 0.341 e. The standard InChI is InChI=1S/C12H22N2O3S/c1-10(12(15)14-6-3-2-4-7-14)13-11-5-8-18(16,17)9-11/h10-11,13H,2-9H2,1H3. The van der Waals surface area contributed by atoms with Gasteiger partial charge in [0.25, 0.3) is 0 Å². The summed E-state index contributed by atoms with van der Waals surface area (Å²) < 4.78 is 22.7. The molecule has 5 nitrogen and oxygen atoms in total. The second-order valence-electron chi connectivity index (χ2n) is 5.37. The Morgan fingerprint density at radius 2 is 1.94 bits per heavy atom. The van der Waals surface area contributed by atoms with Crippen LogP contribution in [0.2, 0.25) is 0 Å². The van der Waals surface area contributed by atoms with Crippen molar-refractivity contribution in [1.29, 1.82) is 0 Å². The Morgan fingerprint density at radius 1 is 1.28 bits per heavy atom. The second-order valence-corrected chi connectivity index (χ2v) is 7.60. The van der Waals surface area contributed by atoms with E-state index in [-0.39, 0.29) is 29.5 Å². The fraction of sp³-hybridized carbons (Fsp3) is 0.917. The highest BCUT2D eigenvalue weighted by molar-refractivity contribution is 7.91. The maximum Gasteiger partial charge on any atom is 0.239 e. The summed E-state index contributed by atoms with van der Waals surface area (Å²) >= 11 is 0. The quantitative estimate of drug-likeness (QED) is 0.796. The Balaban J connectivity index is 1.84. The smallest absolute Gasteiger partial charge is 0.239 e. The number of hydrogen-bond acceptors (Lipinski definition) is 4. The lowest BCUT2D eigenvalue weighted by Gasteiger charge is -2.30. The molecule has 6 heteroatoms. The van der Waals surface area contributed by atoms with Crippen LogP contribution >= 0.6 is 0 Å². The van der Waals surface area contributed by atoms with Gasteiger partial charge in [0.1, 0.15) is 0 Å². The van der Waals surface area contributed by atoms with Crippen molar-refractivity contribution in [3.63, 3.8) is 0 Å². The van der Waals surface area contributed by atoms with E-state index in [1.165, 1.54) is 6.42 Å². The molecule has 0 radical (unpaired) electrons. The predicted octanol–water partition coefficient (Wildman–Crippen LogP) is 0.164. The number of carbonyl (C=O) groups excluding carboxylic acids is 1. The molecule has 0 aromatic heterocycles. The van der Waals surface area contributed by atoms with E-state index in [0.717, 1.165) is 25.9 Å². The molecule has 0 bridgehead atoms. The highest BCUT2D eigenvalue weighted by Crippen LogP contribution is 2.14. The van der Waals surface area contributed by atoms with E-state index < -0.39 is 9.84 Å². The Morgan fingerprint density at radius 3 is 2.50 bits per heavy atom. The molecule has 0 spiro atoms. The van der Waals surface area contributed by atoms with Crippen molar-refractivity contribution in [2.24, 2.45) is 0 Å². The zero-order valence-electron chi connectivity index (χ0n) is 10.9. The van der Waals surface area contributed by atoms with Crippen LogP contribution in [-0.4, -0.2) is 55.9 Å². The van der Waals surface area contributed by atoms with Crippen LogP contribution in [-0.2, 0) is 14.6 Å². The van der Waals surface area contributed by atoms with E-state index in [4.69, 9.17) is 0 Å². The van der Waals surface area contributed by atoms with E-state index in [0.29, 0.717) is 6.42 Å². The van der Waals surface area contributed by atoms with E-state index in [1.807, 2.05) is 11.8 Å². The van der Waals surface area contributed by atoms with Gasteiger partial charge in [-0.3, -0.25) is 4.79 Å². The lowest BCUT2D eigenvalue weighted by atomic mass is 10.1. The third kappa shape index (κ3) is 3.45. The maximum atomic E-state index is 12.2. The summed E-state index contributed by atoms with van der Waals surface area (Å²) in [6.07, 6.45) is 3.99. The first-order valence-corrected chi connectivity index (χ1v) is 8.55. The lowest BCUT2D eigenvalue weighted by molar-refractivity contribution is -0.134. The average molecular weight is 274 g/mol. The van der Waals surface area contributed by atoms with Gasteiger partial charge < -0.3 is 10.2 Å². The molecule has 2 fully saturated rings. The minimum atomic E-state index is -2.88. The molecular weight excluding hydrogens is 252 g/mol. The number of carbonyl (C=O) groups is 1. The monoisotopic (exact) mass is 274 g/mol. The van der Waals surface area contributed by atoms with Crippen LogP contribution in [0, 0.1) is 0 Å². The van der Waals surface area contributed by atoms with E-state index in [2.05, 4.69) is 5.32 Å². The molecule has 2 heterocycles. The van der Waals surface area contributed by atoms with Gasteiger partial charge >= 0.3 is 0 Å². The van der Waals surface area contributed by atoms with Crippen molar-refractivity contribution in [3.05, 3.63) is 0 Å². The Bertz CT molecular complexity index is 402. The van der Waals surface area contributed by atoms with Crippen LogP contribution in [0.5, 0.6) is 0 Å². The number of piperidine rings is 1. The summed E-state index contributed by atoms with van der Waals surface area (Å²) in [6.45, 7) is 3.52. The van der Waals surface area contributed by atoms with Crippen LogP contribution in [0.4, 0.5) is 0 Å². The van der Waals surface area contributed by atoms with Gasteiger partial charge in [-0.05, 0) is 32.6 Å². The van der Waals surface area contributed by atoms with Crippen molar-refractivity contribution < 1.29 is 13.2 Å². The van der Waals surface area contributed by atoms with Crippen LogP contribution in [0.1, 0.15) is 32.6 Å². The van der Waals surface area contributed by atoms with Gasteiger partial charge in [-0.2, -0.15) is 0 Å². The molecule has 0 aliphatic carbocycles. The van der Waals surface area contributed by atoms with Gasteiger partial charge in [0.15, 0.2) is 9.84 Å². The molecule has 18 heavy (non-hydrogen) atoms. The first-order chi connectivity index (χ1) is 8.48. The lowest BCUT2D eigenvalue weighted by Crippen LogP contribution is -2.50. The molecule has 2 rings (SSSR count). The van der Waals surface area contributed by atoms with Crippen molar-refractivity contribution >= 4 is 15.7 Å². The van der Waals surface area contributed by atoms with Gasteiger partial charge in [-0.15, -0.1) is 0 Å². The van der Waals surface area contributed by atoms with Gasteiger partial charge in [-0.25, -0.2) is 8.42 Å². The third-order valence-electron chi connectivity index (χ3n) is 3.76. The zero-order valence-corrected chi connectivity index (χ0v) is 11.7. The third-order valence-corrected chi connectivity index (χ3v) is 5.52. The average Bonchev–Trinajstić information content (AvgIpc) is 2.68. The number of nitrogens with zero attached hydrogens (tertiary/aromatic N) is 1. The molecule has 104 valence electrons. The van der Waals surface area contributed by atoms with Crippen LogP contribution in [0.15, 0.2) is 0 Å². The minimum absolute atomic E-state index is 0.0567. The van der Waals surface area contributed by atoms with Crippen LogP contribution < -0.4 is 5.32 Å². The van der Waals surface area contributed by atoms with Crippen molar-refractivity contribution in [3.8, 4) is 0 Å². The number of hydrogen-bond donors (Lipinski definition) is 1. The fourth-order valence-corrected chi connectivity index (χ4v) is 4.43. The van der Waals surface area contributed by atoms with Gasteiger partial charge in [0.05, 0.1) is 17.5 Å². The van der Waals surface area contributed by atoms with Crippen molar-refractivity contribution in [1.82, 2.24) is 10.2 Å². The topological polar surface area (TPSA) is 66.5 Å². The molecule has 0 aromatic carbocycles. The molecule has 2 saturated heterocycles. The molecule has 1 N–H and O–H groups in total. The normalized spacial score (nSPS) is 29.2. The summed E-state index contributed by atoms with van der Waals surface area (Å²) in [5.74, 6) is 0.527. The van der Waals surface area contributed by atoms with Crippen molar-refractivity contribution in [2.45, 2.75) is 44.7 Å². The van der Waals surface area contributed by atoms with Crippen molar-refractivity contribution in [2.75, 3.05) is 24.6 Å². The van der Waals surface area contributed by atoms with Gasteiger partial charge in [0, 0.05) is 19.1 Å². The van der Waals surface area contributed by atoms with Crippen LogP contribution in [0.3, 0.4) is 0 Å². The Kier molecular flexibility index (Phi) is 4.27. The summed E-state index contributed by atoms with van der Waals surface area (Å²) in [7, 11) is -2.88. The molecule has 2 unspecified atom stereocenters. The summed E-state index contributed by atoms with van der Waals surface area (Å²) in [5, 5.41) is 3.16. The number of amides is 1. The maximum absolute atomic E-state index is 12.2. The molecule has 0 aromatic rings. The highest BCUT2D eigenvalue weighted by Gasteiger charge is 2.31. The summed E-state index contributed by atoms with van der Waals surface area (Å²) in [6, 6.07) is -0.333. The molecule has 1 amide bonds. The molecule has 2 aliphatic rings. The Labute approximate surface area is 109 Å². The molecule has 2 atom stereocenters. The number of nitrogens with one attached hydrogen (secondary N) is 1. The van der Waals surface area contributed by atoms with Gasteiger partial charge in [0.2, 0.25) is 5.91 Å². The highest BCUT2D eigenvalue weighted by atomic mass is 32.2. The van der Waals surface area contributed by atoms with Gasteiger partial charge in [-0.1, -0.05) is 0 Å². The van der Waals surface area contributed by atoms with E-state index >= 15 is 0 Å². The fourth-order valence-electron chi connectivity index (χ4n) is 2.74. The predicted molar refractivity (Wildman–Crippen MR) is 70.1 cm³/mol. The zero-order chi connectivity index (χ0) is 13.2. The van der Waals surface area contributed by atoms with E-state index in [9.17, 15) is 13.2 Å². The molecule has 0 saturated carbocycles. The summed E-state index contributed by atoms with van der Waals surface area (Å²) in [4.78, 5) is 14.1. The van der Waals surface area contributed by atoms with E-state index in [1.54, 1.807) is 0 Å². The number of likely N-dealkylation sites (tertiary alicyclic amines) is 1. The number of sulfone groups is 1. The SMILES string of the molecule is CC(NC1CCS(=O)(=O)C1)C(=O)N1CCCCC1. The van der Waals surface area contributed by atoms with Crippen LogP contribution in [0.25, 0.3) is 0 Å². The summed E-state index contributed by atoms with van der Waals surface area (Å²) in [5.41, 5.74) is 0. The minimum Gasteiger partial charge on any atom is -0.341 e. The number of rotatable bonds is 3. The Hall–Kier alpha value is -0.620. The molecular formula is C12H22N2O3S. The second kappa shape index (κ2) is 5.57. The first-order valence-electron chi connectivity index (χ1n) is 6.73. The first kappa shape index (κ1) is 13.8.